The lowest BCUT2D eigenvalue weighted by Gasteiger charge is -2.09. The summed E-state index contributed by atoms with van der Waals surface area (Å²) in [6.07, 6.45) is 1.61. The van der Waals surface area contributed by atoms with Crippen LogP contribution in [0.1, 0.15) is 11.1 Å². The number of nitrogens with zero attached hydrogens (tertiary/aromatic N) is 1. The molecule has 4 nitrogen and oxygen atoms in total. The van der Waals surface area contributed by atoms with Crippen molar-refractivity contribution >= 4 is 40.8 Å². The van der Waals surface area contributed by atoms with Gasteiger partial charge in [-0.2, -0.15) is 5.10 Å². The van der Waals surface area contributed by atoms with E-state index in [4.69, 9.17) is 28.6 Å². The molecular formula is C21H17ClFN3OS. The largest absolute Gasteiger partial charge is 0.489 e. The van der Waals surface area contributed by atoms with Crippen LogP contribution in [0.15, 0.2) is 77.9 Å². The molecular weight excluding hydrogens is 397 g/mol. The lowest BCUT2D eigenvalue weighted by Crippen LogP contribution is -2.23. The minimum atomic E-state index is -0.395. The topological polar surface area (TPSA) is 45.6 Å². The molecule has 0 aromatic heterocycles. The average molecular weight is 414 g/mol. The van der Waals surface area contributed by atoms with E-state index in [2.05, 4.69) is 15.8 Å². The van der Waals surface area contributed by atoms with E-state index < -0.39 is 5.82 Å². The maximum Gasteiger partial charge on any atom is 0.191 e. The van der Waals surface area contributed by atoms with Crippen molar-refractivity contribution in [2.45, 2.75) is 6.61 Å². The summed E-state index contributed by atoms with van der Waals surface area (Å²) in [6, 6.07) is 21.3. The number of rotatable bonds is 6. The Kier molecular flexibility index (Phi) is 6.94. The Hall–Kier alpha value is -2.96. The molecule has 0 radical (unpaired) electrons. The van der Waals surface area contributed by atoms with Gasteiger partial charge in [0.2, 0.25) is 0 Å². The van der Waals surface area contributed by atoms with Crippen molar-refractivity contribution in [3.8, 4) is 5.75 Å². The van der Waals surface area contributed by atoms with Gasteiger partial charge in [0.25, 0.3) is 0 Å². The van der Waals surface area contributed by atoms with Gasteiger partial charge in [0.15, 0.2) is 5.11 Å². The third kappa shape index (κ3) is 5.77. The van der Waals surface area contributed by atoms with Gasteiger partial charge in [0.1, 0.15) is 18.2 Å². The zero-order valence-corrected chi connectivity index (χ0v) is 16.3. The zero-order chi connectivity index (χ0) is 19.8. The quantitative estimate of drug-likeness (QED) is 0.323. The Bertz CT molecular complexity index is 962. The molecule has 0 amide bonds. The highest BCUT2D eigenvalue weighted by molar-refractivity contribution is 7.80. The van der Waals surface area contributed by atoms with Crippen LogP contribution in [0.25, 0.3) is 0 Å². The highest BCUT2D eigenvalue weighted by Crippen LogP contribution is 2.21. The van der Waals surface area contributed by atoms with Crippen LogP contribution in [0.2, 0.25) is 5.02 Å². The molecule has 3 aromatic carbocycles. The predicted molar refractivity (Wildman–Crippen MR) is 116 cm³/mol. The van der Waals surface area contributed by atoms with Crippen LogP contribution in [0, 0.1) is 5.82 Å². The second kappa shape index (κ2) is 9.82. The van der Waals surface area contributed by atoms with Crippen molar-refractivity contribution in [2.24, 2.45) is 5.10 Å². The van der Waals surface area contributed by atoms with Crippen molar-refractivity contribution in [3.05, 3.63) is 94.8 Å². The van der Waals surface area contributed by atoms with Crippen LogP contribution >= 0.6 is 23.8 Å². The highest BCUT2D eigenvalue weighted by Gasteiger charge is 2.07. The molecule has 0 atom stereocenters. The Morgan fingerprint density at radius 2 is 1.86 bits per heavy atom. The van der Waals surface area contributed by atoms with Gasteiger partial charge in [-0.05, 0) is 54.2 Å². The first-order chi connectivity index (χ1) is 13.6. The van der Waals surface area contributed by atoms with Crippen LogP contribution in [0.5, 0.6) is 5.75 Å². The standard InChI is InChI=1S/C21H17ClFN3OS/c22-19-10-5-11-20(23)18(19)14-27-17-9-4-6-15(12-17)13-24-26-21(28)25-16-7-2-1-3-8-16/h1-13H,14H2,(H2,25,26,28). The number of benzene rings is 3. The van der Waals surface area contributed by atoms with E-state index in [0.717, 1.165) is 11.3 Å². The van der Waals surface area contributed by atoms with Gasteiger partial charge < -0.3 is 10.1 Å². The van der Waals surface area contributed by atoms with Crippen molar-refractivity contribution in [2.75, 3.05) is 5.32 Å². The molecule has 28 heavy (non-hydrogen) atoms. The van der Waals surface area contributed by atoms with Crippen LogP contribution in [-0.4, -0.2) is 11.3 Å². The number of nitrogens with one attached hydrogen (secondary N) is 2. The Balaban J connectivity index is 1.55. The van der Waals surface area contributed by atoms with Crippen molar-refractivity contribution in [1.29, 1.82) is 0 Å². The fourth-order valence-electron chi connectivity index (χ4n) is 2.36. The molecule has 3 rings (SSSR count). The van der Waals surface area contributed by atoms with Crippen LogP contribution < -0.4 is 15.5 Å². The molecule has 7 heteroatoms. The van der Waals surface area contributed by atoms with Gasteiger partial charge in [0.05, 0.1) is 11.2 Å². The molecule has 0 unspecified atom stereocenters. The van der Waals surface area contributed by atoms with Crippen LogP contribution in [0.3, 0.4) is 0 Å². The lowest BCUT2D eigenvalue weighted by molar-refractivity contribution is 0.300. The molecule has 0 spiro atoms. The second-order valence-electron chi connectivity index (χ2n) is 5.75. The third-order valence-corrected chi connectivity index (χ3v) is 4.26. The predicted octanol–water partition coefficient (Wildman–Crippen LogP) is 5.38. The van der Waals surface area contributed by atoms with Gasteiger partial charge in [-0.1, -0.05) is 48.0 Å². The van der Waals surface area contributed by atoms with E-state index in [1.807, 2.05) is 42.5 Å². The Morgan fingerprint density at radius 1 is 1.07 bits per heavy atom. The first kappa shape index (κ1) is 19.8. The number of thiocarbonyl (C=S) groups is 1. The van der Waals surface area contributed by atoms with E-state index in [0.29, 0.717) is 21.4 Å². The van der Waals surface area contributed by atoms with Crippen LogP contribution in [0.4, 0.5) is 10.1 Å². The fraction of sp³-hybridized carbons (Fsp3) is 0.0476. The summed E-state index contributed by atoms with van der Waals surface area (Å²) >= 11 is 11.2. The number of anilines is 1. The number of hydrogen-bond acceptors (Lipinski definition) is 3. The molecule has 0 fully saturated rings. The normalized spacial score (nSPS) is 10.6. The maximum atomic E-state index is 13.8. The summed E-state index contributed by atoms with van der Waals surface area (Å²) in [5.74, 6) is 0.183. The van der Waals surface area contributed by atoms with Gasteiger partial charge in [0, 0.05) is 11.3 Å². The van der Waals surface area contributed by atoms with E-state index in [9.17, 15) is 4.39 Å². The summed E-state index contributed by atoms with van der Waals surface area (Å²) in [5.41, 5.74) is 4.75. The minimum Gasteiger partial charge on any atom is -0.489 e. The van der Waals surface area contributed by atoms with E-state index in [1.54, 1.807) is 30.5 Å². The van der Waals surface area contributed by atoms with Gasteiger partial charge in [-0.25, -0.2) is 4.39 Å². The van der Waals surface area contributed by atoms with E-state index in [1.165, 1.54) is 6.07 Å². The van der Waals surface area contributed by atoms with E-state index in [-0.39, 0.29) is 6.61 Å². The first-order valence-corrected chi connectivity index (χ1v) is 9.21. The van der Waals surface area contributed by atoms with Gasteiger partial charge in [-0.15, -0.1) is 0 Å². The van der Waals surface area contributed by atoms with Crippen LogP contribution in [-0.2, 0) is 6.61 Å². The summed E-state index contributed by atoms with van der Waals surface area (Å²) in [4.78, 5) is 0. The monoisotopic (exact) mass is 413 g/mol. The molecule has 2 N–H and O–H groups in total. The third-order valence-electron chi connectivity index (χ3n) is 3.71. The maximum absolute atomic E-state index is 13.8. The minimum absolute atomic E-state index is 0.0371. The molecule has 0 heterocycles. The van der Waals surface area contributed by atoms with Gasteiger partial charge >= 0.3 is 0 Å². The summed E-state index contributed by atoms with van der Waals surface area (Å²) < 4.78 is 19.5. The number of hydrazone groups is 1. The molecule has 3 aromatic rings. The summed E-state index contributed by atoms with van der Waals surface area (Å²) in [5, 5.41) is 7.85. The first-order valence-electron chi connectivity index (χ1n) is 8.42. The van der Waals surface area contributed by atoms with Gasteiger partial charge in [-0.3, -0.25) is 5.43 Å². The SMILES string of the molecule is Fc1cccc(Cl)c1COc1cccc(C=NNC(=S)Nc2ccccc2)c1. The summed E-state index contributed by atoms with van der Waals surface area (Å²) in [6.45, 7) is 0.0371. The molecule has 142 valence electrons. The average Bonchev–Trinajstić information content (AvgIpc) is 2.69. The van der Waals surface area contributed by atoms with E-state index >= 15 is 0 Å². The fourth-order valence-corrected chi connectivity index (χ4v) is 2.74. The highest BCUT2D eigenvalue weighted by atomic mass is 35.5. The summed E-state index contributed by atoms with van der Waals surface area (Å²) in [7, 11) is 0. The number of para-hydroxylation sites is 1. The smallest absolute Gasteiger partial charge is 0.191 e. The van der Waals surface area contributed by atoms with Crippen molar-refractivity contribution < 1.29 is 9.13 Å². The second-order valence-corrected chi connectivity index (χ2v) is 6.57. The van der Waals surface area contributed by atoms with Crippen molar-refractivity contribution in [3.63, 3.8) is 0 Å². The number of ether oxygens (including phenoxy) is 1. The zero-order valence-electron chi connectivity index (χ0n) is 14.7. The number of hydrogen-bond donors (Lipinski definition) is 2. The number of halogens is 2. The molecule has 0 bridgehead atoms. The van der Waals surface area contributed by atoms with Crippen molar-refractivity contribution in [1.82, 2.24) is 5.43 Å². The molecule has 0 aliphatic rings. The Labute approximate surface area is 173 Å². The lowest BCUT2D eigenvalue weighted by atomic mass is 10.2. The Morgan fingerprint density at radius 3 is 2.64 bits per heavy atom. The molecule has 0 aliphatic heterocycles. The molecule has 0 aliphatic carbocycles. The molecule has 0 saturated carbocycles. The molecule has 0 saturated heterocycles.